The molecule has 8 heteroatoms. The number of nitrogens with zero attached hydrogens (tertiary/aromatic N) is 4. The van der Waals surface area contributed by atoms with Crippen LogP contribution in [0.1, 0.15) is 44.9 Å². The standard InChI is InChI=1S/C20H27N7O/c28-19(13-2-3-13)24-14-4-6-15(7-5-14)25-20-22-10-8-17(26-20)16-12-23-27-11-1-9-21-18(16)27/h8,10,12-15,21H,1-7,9,11H2,(H,24,28)(H,22,25,26)/t14-,15-. The number of carbonyl (C=O) groups is 1. The Morgan fingerprint density at radius 3 is 2.79 bits per heavy atom. The number of rotatable bonds is 5. The van der Waals surface area contributed by atoms with Crippen molar-refractivity contribution in [3.05, 3.63) is 18.5 Å². The molecule has 0 unspecified atom stereocenters. The van der Waals surface area contributed by atoms with E-state index in [1.54, 1.807) is 6.20 Å². The fraction of sp³-hybridized carbons (Fsp3) is 0.600. The number of anilines is 2. The molecule has 148 valence electrons. The Morgan fingerprint density at radius 1 is 1.14 bits per heavy atom. The molecule has 0 atom stereocenters. The average Bonchev–Trinajstić information content (AvgIpc) is 3.49. The molecule has 0 radical (unpaired) electrons. The maximum absolute atomic E-state index is 11.9. The lowest BCUT2D eigenvalue weighted by atomic mass is 9.91. The van der Waals surface area contributed by atoms with E-state index in [2.05, 4.69) is 26.0 Å². The van der Waals surface area contributed by atoms with Crippen molar-refractivity contribution in [3.8, 4) is 11.3 Å². The molecule has 2 aromatic heterocycles. The molecule has 28 heavy (non-hydrogen) atoms. The summed E-state index contributed by atoms with van der Waals surface area (Å²) in [5.74, 6) is 2.25. The van der Waals surface area contributed by atoms with Crippen LogP contribution in [0, 0.1) is 5.92 Å². The topological polar surface area (TPSA) is 96.8 Å². The number of aromatic nitrogens is 4. The summed E-state index contributed by atoms with van der Waals surface area (Å²) in [6, 6.07) is 2.61. The van der Waals surface area contributed by atoms with Gasteiger partial charge in [0.25, 0.3) is 0 Å². The molecular weight excluding hydrogens is 354 g/mol. The number of hydrogen-bond acceptors (Lipinski definition) is 6. The van der Waals surface area contributed by atoms with Gasteiger partial charge in [-0.25, -0.2) is 14.6 Å². The molecule has 2 aromatic rings. The second kappa shape index (κ2) is 7.41. The first-order chi connectivity index (χ1) is 13.8. The highest BCUT2D eigenvalue weighted by Crippen LogP contribution is 2.31. The van der Waals surface area contributed by atoms with Gasteiger partial charge >= 0.3 is 0 Å². The van der Waals surface area contributed by atoms with Crippen molar-refractivity contribution in [1.82, 2.24) is 25.1 Å². The summed E-state index contributed by atoms with van der Waals surface area (Å²) in [6.07, 6.45) is 11.0. The zero-order valence-corrected chi connectivity index (χ0v) is 16.0. The SMILES string of the molecule is O=C(N[C@H]1CC[C@H](Nc2nccc(-c3cnn4c3NCCC4)n2)CC1)C1CC1. The monoisotopic (exact) mass is 381 g/mol. The second-order valence-corrected chi connectivity index (χ2v) is 8.15. The van der Waals surface area contributed by atoms with Gasteiger partial charge in [0, 0.05) is 37.3 Å². The minimum absolute atomic E-state index is 0.255. The first-order valence-corrected chi connectivity index (χ1v) is 10.5. The van der Waals surface area contributed by atoms with Gasteiger partial charge in [0.1, 0.15) is 5.82 Å². The van der Waals surface area contributed by atoms with Crippen LogP contribution < -0.4 is 16.0 Å². The molecule has 3 N–H and O–H groups in total. The zero-order valence-electron chi connectivity index (χ0n) is 16.0. The Hall–Kier alpha value is -2.64. The van der Waals surface area contributed by atoms with Gasteiger partial charge in [0.15, 0.2) is 0 Å². The van der Waals surface area contributed by atoms with Gasteiger partial charge in [-0.3, -0.25) is 4.79 Å². The average molecular weight is 381 g/mol. The molecule has 2 fully saturated rings. The highest BCUT2D eigenvalue weighted by molar-refractivity contribution is 5.81. The van der Waals surface area contributed by atoms with Crippen LogP contribution in [0.25, 0.3) is 11.3 Å². The summed E-state index contributed by atoms with van der Waals surface area (Å²) >= 11 is 0. The van der Waals surface area contributed by atoms with Crippen molar-refractivity contribution in [2.45, 2.75) is 63.6 Å². The fourth-order valence-corrected chi connectivity index (χ4v) is 4.17. The molecule has 0 spiro atoms. The van der Waals surface area contributed by atoms with Crippen LogP contribution in [-0.2, 0) is 11.3 Å². The molecule has 2 aliphatic carbocycles. The van der Waals surface area contributed by atoms with Crippen molar-refractivity contribution >= 4 is 17.7 Å². The summed E-state index contributed by atoms with van der Waals surface area (Å²) in [7, 11) is 0. The maximum Gasteiger partial charge on any atom is 0.223 e. The Morgan fingerprint density at radius 2 is 1.96 bits per heavy atom. The van der Waals surface area contributed by atoms with E-state index in [-0.39, 0.29) is 11.8 Å². The first-order valence-electron chi connectivity index (χ1n) is 10.5. The Labute approximate surface area is 164 Å². The van der Waals surface area contributed by atoms with Gasteiger partial charge < -0.3 is 16.0 Å². The van der Waals surface area contributed by atoms with E-state index < -0.39 is 0 Å². The Bertz CT molecular complexity index is 852. The summed E-state index contributed by atoms with van der Waals surface area (Å²) in [5.41, 5.74) is 1.91. The van der Waals surface area contributed by atoms with Crippen molar-refractivity contribution in [3.63, 3.8) is 0 Å². The van der Waals surface area contributed by atoms with Crippen LogP contribution in [0.3, 0.4) is 0 Å². The van der Waals surface area contributed by atoms with E-state index in [1.807, 2.05) is 16.9 Å². The minimum atomic E-state index is 0.255. The molecule has 0 aromatic carbocycles. The van der Waals surface area contributed by atoms with Crippen LogP contribution in [0.5, 0.6) is 0 Å². The predicted octanol–water partition coefficient (Wildman–Crippen LogP) is 2.40. The molecule has 3 heterocycles. The number of aryl methyl sites for hydroxylation is 1. The predicted molar refractivity (Wildman–Crippen MR) is 107 cm³/mol. The van der Waals surface area contributed by atoms with E-state index in [4.69, 9.17) is 4.98 Å². The van der Waals surface area contributed by atoms with Crippen molar-refractivity contribution < 1.29 is 4.79 Å². The second-order valence-electron chi connectivity index (χ2n) is 8.15. The lowest BCUT2D eigenvalue weighted by Gasteiger charge is -2.29. The van der Waals surface area contributed by atoms with E-state index in [9.17, 15) is 4.79 Å². The first kappa shape index (κ1) is 17.5. The number of fused-ring (bicyclic) bond motifs is 1. The molecule has 5 rings (SSSR count). The molecule has 8 nitrogen and oxygen atoms in total. The number of amides is 1. The summed E-state index contributed by atoms with van der Waals surface area (Å²) < 4.78 is 2.01. The van der Waals surface area contributed by atoms with E-state index >= 15 is 0 Å². The smallest absolute Gasteiger partial charge is 0.223 e. The van der Waals surface area contributed by atoms with Gasteiger partial charge in [-0.05, 0) is 51.0 Å². The molecule has 2 saturated carbocycles. The molecule has 3 aliphatic rings. The van der Waals surface area contributed by atoms with Crippen LogP contribution >= 0.6 is 0 Å². The Kier molecular flexibility index (Phi) is 4.62. The third-order valence-corrected chi connectivity index (χ3v) is 5.97. The molecule has 1 aliphatic heterocycles. The van der Waals surface area contributed by atoms with Crippen LogP contribution in [0.2, 0.25) is 0 Å². The van der Waals surface area contributed by atoms with Gasteiger partial charge in [0.2, 0.25) is 11.9 Å². The molecular formula is C20H27N7O. The zero-order chi connectivity index (χ0) is 18.9. The quantitative estimate of drug-likeness (QED) is 0.736. The van der Waals surface area contributed by atoms with Crippen molar-refractivity contribution in [2.75, 3.05) is 17.2 Å². The third kappa shape index (κ3) is 3.68. The van der Waals surface area contributed by atoms with Gasteiger partial charge in [-0.15, -0.1) is 0 Å². The van der Waals surface area contributed by atoms with Gasteiger partial charge in [0.05, 0.1) is 17.5 Å². The fourth-order valence-electron chi connectivity index (χ4n) is 4.17. The van der Waals surface area contributed by atoms with E-state index in [0.717, 1.165) is 75.1 Å². The Balaban J connectivity index is 1.20. The number of carbonyl (C=O) groups excluding carboxylic acids is 1. The lowest BCUT2D eigenvalue weighted by Crippen LogP contribution is -2.40. The lowest BCUT2D eigenvalue weighted by molar-refractivity contribution is -0.123. The number of hydrogen-bond donors (Lipinski definition) is 3. The minimum Gasteiger partial charge on any atom is -0.370 e. The third-order valence-electron chi connectivity index (χ3n) is 5.97. The maximum atomic E-state index is 11.9. The molecule has 1 amide bonds. The molecule has 0 saturated heterocycles. The van der Waals surface area contributed by atoms with Crippen molar-refractivity contribution in [2.24, 2.45) is 5.92 Å². The summed E-state index contributed by atoms with van der Waals surface area (Å²) in [6.45, 7) is 1.91. The van der Waals surface area contributed by atoms with E-state index in [0.29, 0.717) is 18.0 Å². The largest absolute Gasteiger partial charge is 0.370 e. The molecule has 0 bridgehead atoms. The highest BCUT2D eigenvalue weighted by atomic mass is 16.2. The van der Waals surface area contributed by atoms with Crippen LogP contribution in [-0.4, -0.2) is 44.3 Å². The van der Waals surface area contributed by atoms with Crippen molar-refractivity contribution in [1.29, 1.82) is 0 Å². The van der Waals surface area contributed by atoms with Crippen LogP contribution in [0.15, 0.2) is 18.5 Å². The number of nitrogens with one attached hydrogen (secondary N) is 3. The van der Waals surface area contributed by atoms with E-state index in [1.165, 1.54) is 0 Å². The van der Waals surface area contributed by atoms with Gasteiger partial charge in [-0.2, -0.15) is 5.10 Å². The summed E-state index contributed by atoms with van der Waals surface area (Å²) in [5, 5.41) is 14.6. The normalized spacial score (nSPS) is 24.1. The summed E-state index contributed by atoms with van der Waals surface area (Å²) in [4.78, 5) is 21.1. The highest BCUT2D eigenvalue weighted by Gasteiger charge is 2.32. The van der Waals surface area contributed by atoms with Crippen LogP contribution in [0.4, 0.5) is 11.8 Å². The van der Waals surface area contributed by atoms with Gasteiger partial charge in [-0.1, -0.05) is 0 Å².